The van der Waals surface area contributed by atoms with E-state index in [0.29, 0.717) is 0 Å². The van der Waals surface area contributed by atoms with Crippen molar-refractivity contribution >= 4 is 21.4 Å². The molecule has 2 aromatic rings. The first kappa shape index (κ1) is 9.98. The number of hydrogen-bond donors (Lipinski definition) is 1. The van der Waals surface area contributed by atoms with E-state index in [4.69, 9.17) is 5.53 Å². The lowest BCUT2D eigenvalue weighted by Gasteiger charge is -2.01. The molecule has 0 saturated heterocycles. The molecule has 0 unspecified atom stereocenters. The molecule has 0 fully saturated rings. The first-order chi connectivity index (χ1) is 7.31. The summed E-state index contributed by atoms with van der Waals surface area (Å²) in [5.74, 6) is 0. The molecular formula is C10H9N3OS. The number of aliphatic hydroxyl groups excluding tert-OH is 1. The molecule has 1 aromatic heterocycles. The summed E-state index contributed by atoms with van der Waals surface area (Å²) in [5.41, 5.74) is 8.15. The van der Waals surface area contributed by atoms with Crippen molar-refractivity contribution in [2.75, 3.05) is 6.54 Å². The van der Waals surface area contributed by atoms with E-state index in [-0.39, 0.29) is 6.54 Å². The van der Waals surface area contributed by atoms with Gasteiger partial charge in [0.25, 0.3) is 0 Å². The number of aliphatic hydroxyl groups is 1. The second-order valence-corrected chi connectivity index (χ2v) is 4.23. The van der Waals surface area contributed by atoms with Crippen molar-refractivity contribution in [3.05, 3.63) is 45.7 Å². The van der Waals surface area contributed by atoms with Gasteiger partial charge in [-0.05, 0) is 23.1 Å². The van der Waals surface area contributed by atoms with Gasteiger partial charge in [0.15, 0.2) is 0 Å². The third-order valence-corrected chi connectivity index (χ3v) is 3.31. The number of benzene rings is 1. The second-order valence-electron chi connectivity index (χ2n) is 3.12. The van der Waals surface area contributed by atoms with Crippen molar-refractivity contribution in [3.8, 4) is 0 Å². The van der Waals surface area contributed by atoms with Gasteiger partial charge in [0, 0.05) is 14.5 Å². The van der Waals surface area contributed by atoms with Gasteiger partial charge < -0.3 is 5.11 Å². The van der Waals surface area contributed by atoms with Crippen LogP contribution >= 0.6 is 11.3 Å². The molecule has 15 heavy (non-hydrogen) atoms. The number of thiophene rings is 1. The summed E-state index contributed by atoms with van der Waals surface area (Å²) in [7, 11) is 0. The molecule has 4 nitrogen and oxygen atoms in total. The fourth-order valence-corrected chi connectivity index (χ4v) is 2.41. The molecule has 0 aliphatic carbocycles. The third-order valence-electron chi connectivity index (χ3n) is 2.09. The zero-order valence-electron chi connectivity index (χ0n) is 7.87. The lowest BCUT2D eigenvalue weighted by Crippen LogP contribution is -1.97. The monoisotopic (exact) mass is 219 g/mol. The topological polar surface area (TPSA) is 69.0 Å². The van der Waals surface area contributed by atoms with Gasteiger partial charge >= 0.3 is 0 Å². The minimum atomic E-state index is -0.696. The van der Waals surface area contributed by atoms with Gasteiger partial charge in [-0.2, -0.15) is 0 Å². The fraction of sp³-hybridized carbons (Fsp3) is 0.200. The van der Waals surface area contributed by atoms with E-state index in [1.807, 2.05) is 30.3 Å². The van der Waals surface area contributed by atoms with Gasteiger partial charge in [0.1, 0.15) is 0 Å². The molecule has 0 radical (unpaired) electrons. The van der Waals surface area contributed by atoms with Crippen LogP contribution in [0.25, 0.3) is 20.5 Å². The third kappa shape index (κ3) is 2.10. The number of nitrogens with zero attached hydrogens (tertiary/aromatic N) is 3. The van der Waals surface area contributed by atoms with E-state index < -0.39 is 6.10 Å². The van der Waals surface area contributed by atoms with Gasteiger partial charge in [0.05, 0.1) is 12.6 Å². The lowest BCUT2D eigenvalue weighted by molar-refractivity contribution is 0.190. The lowest BCUT2D eigenvalue weighted by atomic mass is 10.2. The number of azide groups is 1. The first-order valence-corrected chi connectivity index (χ1v) is 5.30. The Balaban J connectivity index is 2.31. The summed E-state index contributed by atoms with van der Waals surface area (Å²) in [5, 5.41) is 14.2. The highest BCUT2D eigenvalue weighted by Gasteiger charge is 2.09. The van der Waals surface area contributed by atoms with E-state index in [9.17, 15) is 5.11 Å². The average Bonchev–Trinajstić information content (AvgIpc) is 2.69. The molecule has 1 atom stereocenters. The highest BCUT2D eigenvalue weighted by molar-refractivity contribution is 7.19. The molecule has 5 heteroatoms. The summed E-state index contributed by atoms with van der Waals surface area (Å²) >= 11 is 1.52. The van der Waals surface area contributed by atoms with E-state index in [2.05, 4.69) is 10.0 Å². The molecule has 0 aliphatic rings. The van der Waals surface area contributed by atoms with Crippen LogP contribution in [-0.2, 0) is 0 Å². The standard InChI is InChI=1S/C10H9N3OS/c11-13-12-6-8(14)10-5-7-3-1-2-4-9(7)15-10/h1-5,8,14H,6H2/t8-/m1/s1. The van der Waals surface area contributed by atoms with E-state index in [0.717, 1.165) is 15.0 Å². The molecule has 0 amide bonds. The van der Waals surface area contributed by atoms with Crippen LogP contribution < -0.4 is 0 Å². The number of fused-ring (bicyclic) bond motifs is 1. The number of hydrogen-bond acceptors (Lipinski definition) is 3. The van der Waals surface area contributed by atoms with Gasteiger partial charge in [-0.3, -0.25) is 0 Å². The second kappa shape index (κ2) is 4.31. The molecule has 0 bridgehead atoms. The molecular weight excluding hydrogens is 210 g/mol. The molecule has 0 aliphatic heterocycles. The van der Waals surface area contributed by atoms with Crippen LogP contribution in [0.4, 0.5) is 0 Å². The molecule has 0 spiro atoms. The Morgan fingerprint density at radius 3 is 3.00 bits per heavy atom. The molecule has 76 valence electrons. The Morgan fingerprint density at radius 2 is 2.27 bits per heavy atom. The highest BCUT2D eigenvalue weighted by Crippen LogP contribution is 2.29. The van der Waals surface area contributed by atoms with Crippen molar-refractivity contribution < 1.29 is 5.11 Å². The van der Waals surface area contributed by atoms with Crippen molar-refractivity contribution in [2.24, 2.45) is 5.11 Å². The summed E-state index contributed by atoms with van der Waals surface area (Å²) in [6, 6.07) is 9.85. The van der Waals surface area contributed by atoms with Crippen molar-refractivity contribution in [2.45, 2.75) is 6.10 Å². The van der Waals surface area contributed by atoms with Crippen LogP contribution in [0.5, 0.6) is 0 Å². The van der Waals surface area contributed by atoms with Crippen LogP contribution in [0, 0.1) is 0 Å². The van der Waals surface area contributed by atoms with Crippen LogP contribution in [0.1, 0.15) is 11.0 Å². The Hall–Kier alpha value is -1.55. The molecule has 2 rings (SSSR count). The minimum Gasteiger partial charge on any atom is -0.387 e. The predicted molar refractivity (Wildman–Crippen MR) is 60.8 cm³/mol. The Kier molecular flexibility index (Phi) is 2.87. The first-order valence-electron chi connectivity index (χ1n) is 4.48. The minimum absolute atomic E-state index is 0.0866. The quantitative estimate of drug-likeness (QED) is 0.480. The highest BCUT2D eigenvalue weighted by atomic mass is 32.1. The Labute approximate surface area is 90.4 Å². The van der Waals surface area contributed by atoms with Crippen LogP contribution in [0.2, 0.25) is 0 Å². The zero-order valence-corrected chi connectivity index (χ0v) is 8.68. The van der Waals surface area contributed by atoms with Gasteiger partial charge in [-0.25, -0.2) is 0 Å². The SMILES string of the molecule is [N-]=[N+]=NC[C@@H](O)c1cc2ccccc2s1. The van der Waals surface area contributed by atoms with E-state index >= 15 is 0 Å². The van der Waals surface area contributed by atoms with Crippen molar-refractivity contribution in [3.63, 3.8) is 0 Å². The van der Waals surface area contributed by atoms with Crippen LogP contribution in [0.15, 0.2) is 35.4 Å². The maximum absolute atomic E-state index is 9.70. The predicted octanol–water partition coefficient (Wildman–Crippen LogP) is 3.25. The normalized spacial score (nSPS) is 12.3. The van der Waals surface area contributed by atoms with E-state index in [1.54, 1.807) is 0 Å². The summed E-state index contributed by atoms with van der Waals surface area (Å²) in [6.45, 7) is 0.0866. The largest absolute Gasteiger partial charge is 0.387 e. The Morgan fingerprint density at radius 1 is 1.47 bits per heavy atom. The summed E-state index contributed by atoms with van der Waals surface area (Å²) in [6.07, 6.45) is -0.696. The number of rotatable bonds is 3. The van der Waals surface area contributed by atoms with Gasteiger partial charge in [0.2, 0.25) is 0 Å². The summed E-state index contributed by atoms with van der Waals surface area (Å²) in [4.78, 5) is 3.46. The van der Waals surface area contributed by atoms with Crippen LogP contribution in [0.3, 0.4) is 0 Å². The van der Waals surface area contributed by atoms with Crippen molar-refractivity contribution in [1.82, 2.24) is 0 Å². The molecule has 0 saturated carbocycles. The average molecular weight is 219 g/mol. The van der Waals surface area contributed by atoms with Crippen molar-refractivity contribution in [1.29, 1.82) is 0 Å². The maximum atomic E-state index is 9.70. The molecule has 1 aromatic carbocycles. The molecule has 1 heterocycles. The van der Waals surface area contributed by atoms with Crippen LogP contribution in [-0.4, -0.2) is 11.7 Å². The molecule has 1 N–H and O–H groups in total. The zero-order chi connectivity index (χ0) is 10.7. The fourth-order valence-electron chi connectivity index (χ4n) is 1.37. The van der Waals surface area contributed by atoms with E-state index in [1.165, 1.54) is 11.3 Å². The smallest absolute Gasteiger partial charge is 0.0938 e. The van der Waals surface area contributed by atoms with Gasteiger partial charge in [-0.15, -0.1) is 11.3 Å². The van der Waals surface area contributed by atoms with Gasteiger partial charge in [-0.1, -0.05) is 23.3 Å². The summed E-state index contributed by atoms with van der Waals surface area (Å²) < 4.78 is 1.13. The maximum Gasteiger partial charge on any atom is 0.0938 e. The Bertz CT molecular complexity index is 483.